The van der Waals surface area contributed by atoms with Crippen molar-refractivity contribution in [3.05, 3.63) is 35.4 Å². The number of nitrogens with one attached hydrogen (secondary N) is 1. The number of methoxy groups -OCH3 is 1. The summed E-state index contributed by atoms with van der Waals surface area (Å²) in [7, 11) is 1.19. The quantitative estimate of drug-likeness (QED) is 0.812. The van der Waals surface area contributed by atoms with Gasteiger partial charge in [0.1, 0.15) is 11.6 Å². The maximum absolute atomic E-state index is 13.4. The van der Waals surface area contributed by atoms with Gasteiger partial charge in [-0.05, 0) is 31.5 Å². The molecule has 0 bridgehead atoms. The van der Waals surface area contributed by atoms with Gasteiger partial charge in [0.15, 0.2) is 11.6 Å². The largest absolute Gasteiger partial charge is 0.469 e. The van der Waals surface area contributed by atoms with E-state index in [4.69, 9.17) is 4.74 Å². The Hall–Kier alpha value is -2.02. The van der Waals surface area contributed by atoms with Gasteiger partial charge in [0, 0.05) is 0 Å². The van der Waals surface area contributed by atoms with Gasteiger partial charge in [-0.25, -0.2) is 8.78 Å². The second-order valence-corrected chi connectivity index (χ2v) is 5.11. The average Bonchev–Trinajstić information content (AvgIpc) is 2.39. The topological polar surface area (TPSA) is 70.9 Å². The Labute approximate surface area is 120 Å². The molecule has 0 aliphatic carbocycles. The summed E-state index contributed by atoms with van der Waals surface area (Å²) < 4.78 is 31.2. The second kappa shape index (κ2) is 5.40. The lowest BCUT2D eigenvalue weighted by atomic mass is 9.84. The van der Waals surface area contributed by atoms with Gasteiger partial charge >= 0.3 is 5.97 Å². The number of carbonyl (C=O) groups excluding carboxylic acids is 1. The zero-order valence-corrected chi connectivity index (χ0v) is 11.9. The molecule has 0 amide bonds. The van der Waals surface area contributed by atoms with Gasteiger partial charge in [0.25, 0.3) is 0 Å². The highest BCUT2D eigenvalue weighted by atomic mass is 19.2. The monoisotopic (exact) mass is 298 g/mol. The van der Waals surface area contributed by atoms with E-state index in [-0.39, 0.29) is 5.56 Å². The van der Waals surface area contributed by atoms with Crippen molar-refractivity contribution >= 4 is 11.8 Å². The summed E-state index contributed by atoms with van der Waals surface area (Å²) in [4.78, 5) is 16.2. The van der Waals surface area contributed by atoms with Crippen LogP contribution in [0.25, 0.3) is 0 Å². The number of ether oxygens (including phenoxy) is 1. The Balaban J connectivity index is 2.53. The van der Waals surface area contributed by atoms with E-state index >= 15 is 0 Å². The molecular formula is C14H16F2N2O3. The molecule has 1 heterocycles. The number of esters is 1. The molecule has 0 aromatic heterocycles. The number of halogens is 2. The smallest absolute Gasteiger partial charge is 0.316 e. The van der Waals surface area contributed by atoms with Gasteiger partial charge in [0.2, 0.25) is 0 Å². The van der Waals surface area contributed by atoms with E-state index in [2.05, 4.69) is 10.3 Å². The van der Waals surface area contributed by atoms with E-state index in [9.17, 15) is 18.7 Å². The second-order valence-electron chi connectivity index (χ2n) is 5.11. The Bertz CT molecular complexity index is 602. The minimum atomic E-state index is -1.62. The first-order valence-electron chi connectivity index (χ1n) is 6.34. The predicted octanol–water partition coefficient (Wildman–Crippen LogP) is 1.53. The van der Waals surface area contributed by atoms with Crippen LogP contribution in [0.4, 0.5) is 8.78 Å². The summed E-state index contributed by atoms with van der Waals surface area (Å²) >= 11 is 0. The van der Waals surface area contributed by atoms with Crippen molar-refractivity contribution in [1.82, 2.24) is 5.32 Å². The minimum absolute atomic E-state index is 0.283. The summed E-state index contributed by atoms with van der Waals surface area (Å²) in [5.41, 5.74) is -1.33. The van der Waals surface area contributed by atoms with Crippen LogP contribution in [0.15, 0.2) is 23.2 Å². The van der Waals surface area contributed by atoms with Crippen LogP contribution in [0, 0.1) is 17.6 Å². The molecule has 0 radical (unpaired) electrons. The van der Waals surface area contributed by atoms with Crippen molar-refractivity contribution in [2.75, 3.05) is 7.11 Å². The highest BCUT2D eigenvalue weighted by Crippen LogP contribution is 2.37. The van der Waals surface area contributed by atoms with Crippen LogP contribution in [-0.2, 0) is 9.53 Å². The zero-order valence-electron chi connectivity index (χ0n) is 11.9. The summed E-state index contributed by atoms with van der Waals surface area (Å²) in [6, 6.07) is 2.38. The normalized spacial score (nSPS) is 28.6. The fourth-order valence-electron chi connectivity index (χ4n) is 2.52. The molecule has 1 aromatic carbocycles. The lowest BCUT2D eigenvalue weighted by Gasteiger charge is -2.39. The Kier molecular flexibility index (Phi) is 3.95. The molecular weight excluding hydrogens is 282 g/mol. The van der Waals surface area contributed by atoms with Gasteiger partial charge in [-0.3, -0.25) is 9.79 Å². The molecule has 1 aromatic rings. The molecule has 3 atom stereocenters. The van der Waals surface area contributed by atoms with E-state index in [0.29, 0.717) is 5.84 Å². The Morgan fingerprint density at radius 1 is 1.43 bits per heavy atom. The Morgan fingerprint density at radius 3 is 2.67 bits per heavy atom. The van der Waals surface area contributed by atoms with Crippen LogP contribution in [-0.4, -0.2) is 29.7 Å². The summed E-state index contributed by atoms with van der Waals surface area (Å²) in [5.74, 6) is -3.43. The molecule has 0 saturated heterocycles. The fourth-order valence-corrected chi connectivity index (χ4v) is 2.52. The number of hydrogen-bond acceptors (Lipinski definition) is 5. The van der Waals surface area contributed by atoms with Gasteiger partial charge in [0.05, 0.1) is 19.0 Å². The van der Waals surface area contributed by atoms with E-state index in [1.165, 1.54) is 20.1 Å². The van der Waals surface area contributed by atoms with Crippen LogP contribution in [0.2, 0.25) is 0 Å². The highest BCUT2D eigenvalue weighted by molar-refractivity contribution is 5.85. The number of carbonyl (C=O) groups is 1. The third-order valence-electron chi connectivity index (χ3n) is 3.43. The number of hydrogen-bond donors (Lipinski definition) is 2. The van der Waals surface area contributed by atoms with Gasteiger partial charge in [-0.1, -0.05) is 6.07 Å². The number of benzene rings is 1. The predicted molar refractivity (Wildman–Crippen MR) is 71.5 cm³/mol. The van der Waals surface area contributed by atoms with E-state index in [0.717, 1.165) is 12.1 Å². The van der Waals surface area contributed by atoms with Gasteiger partial charge in [-0.2, -0.15) is 0 Å². The van der Waals surface area contributed by atoms with Gasteiger partial charge < -0.3 is 15.2 Å². The zero-order chi connectivity index (χ0) is 15.8. The minimum Gasteiger partial charge on any atom is -0.469 e. The van der Waals surface area contributed by atoms with Crippen molar-refractivity contribution in [2.45, 2.75) is 25.6 Å². The molecule has 2 N–H and O–H groups in total. The Morgan fingerprint density at radius 2 is 2.10 bits per heavy atom. The van der Waals surface area contributed by atoms with Crippen LogP contribution in [0.3, 0.4) is 0 Å². The summed E-state index contributed by atoms with van der Waals surface area (Å²) in [6.07, 6.45) is 0. The number of nitrogens with zero attached hydrogens (tertiary/aromatic N) is 1. The number of aliphatic imine (C=N–C) groups is 1. The van der Waals surface area contributed by atoms with E-state index < -0.39 is 35.3 Å². The first-order valence-corrected chi connectivity index (χ1v) is 6.34. The molecule has 114 valence electrons. The average molecular weight is 298 g/mol. The van der Waals surface area contributed by atoms with Crippen molar-refractivity contribution in [3.63, 3.8) is 0 Å². The molecule has 7 heteroatoms. The summed E-state index contributed by atoms with van der Waals surface area (Å²) in [6.45, 7) is 3.01. The molecule has 1 aliphatic rings. The van der Waals surface area contributed by atoms with E-state index in [1.807, 2.05) is 0 Å². The molecule has 3 unspecified atom stereocenters. The number of aliphatic hydroxyl groups is 1. The molecule has 21 heavy (non-hydrogen) atoms. The molecule has 2 rings (SSSR count). The summed E-state index contributed by atoms with van der Waals surface area (Å²) in [5, 5.41) is 13.1. The molecule has 0 fully saturated rings. The fraction of sp³-hybridized carbons (Fsp3) is 0.429. The van der Waals surface area contributed by atoms with Crippen LogP contribution in [0.1, 0.15) is 25.5 Å². The highest BCUT2D eigenvalue weighted by Gasteiger charge is 2.47. The van der Waals surface area contributed by atoms with Crippen molar-refractivity contribution in [2.24, 2.45) is 10.9 Å². The first kappa shape index (κ1) is 15.4. The van der Waals surface area contributed by atoms with Crippen molar-refractivity contribution < 1.29 is 23.4 Å². The lowest BCUT2D eigenvalue weighted by Crippen LogP contribution is -2.58. The molecule has 0 spiro atoms. The maximum Gasteiger partial charge on any atom is 0.316 e. The number of rotatable bonds is 2. The van der Waals surface area contributed by atoms with Crippen LogP contribution in [0.5, 0.6) is 0 Å². The third-order valence-corrected chi connectivity index (χ3v) is 3.43. The van der Waals surface area contributed by atoms with Crippen LogP contribution >= 0.6 is 0 Å². The van der Waals surface area contributed by atoms with E-state index in [1.54, 1.807) is 6.92 Å². The van der Waals surface area contributed by atoms with Crippen molar-refractivity contribution in [3.8, 4) is 0 Å². The van der Waals surface area contributed by atoms with Crippen molar-refractivity contribution in [1.29, 1.82) is 0 Å². The lowest BCUT2D eigenvalue weighted by molar-refractivity contribution is -0.158. The maximum atomic E-state index is 13.4. The first-order chi connectivity index (χ1) is 9.76. The van der Waals surface area contributed by atoms with Crippen LogP contribution < -0.4 is 5.32 Å². The SMILES string of the molecule is COC(=O)C1C(c2ccc(F)c(F)c2)N=C(C)NC1(C)O. The number of amidine groups is 1. The molecule has 5 nitrogen and oxygen atoms in total. The molecule has 1 aliphatic heterocycles. The third kappa shape index (κ3) is 2.87. The van der Waals surface area contributed by atoms with Gasteiger partial charge in [-0.15, -0.1) is 0 Å². The molecule has 0 saturated carbocycles. The standard InChI is InChI=1S/C14H16F2N2O3/c1-7-17-12(8-4-5-9(15)10(16)6-8)11(13(19)21-3)14(2,20)18-7/h4-6,11-12,20H,1-3H3,(H,17,18).